The van der Waals surface area contributed by atoms with Crippen LogP contribution in [0.3, 0.4) is 0 Å². The number of carbonyl (C=O) groups excluding carboxylic acids is 1. The highest BCUT2D eigenvalue weighted by atomic mass is 16.7. The lowest BCUT2D eigenvalue weighted by Crippen LogP contribution is -2.59. The molecule has 1 aromatic rings. The summed E-state index contributed by atoms with van der Waals surface area (Å²) < 4.78 is 10.0. The van der Waals surface area contributed by atoms with Gasteiger partial charge in [0, 0.05) is 0 Å². The second kappa shape index (κ2) is 6.29. The van der Waals surface area contributed by atoms with Crippen LogP contribution >= 0.6 is 0 Å². The smallest absolute Gasteiger partial charge is 0.340 e. The van der Waals surface area contributed by atoms with Gasteiger partial charge < -0.3 is 29.9 Å². The van der Waals surface area contributed by atoms with Crippen LogP contribution in [0, 0.1) is 0 Å². The minimum absolute atomic E-state index is 0.254. The first-order chi connectivity index (χ1) is 9.54. The lowest BCUT2D eigenvalue weighted by atomic mass is 9.99. The summed E-state index contributed by atoms with van der Waals surface area (Å²) in [4.78, 5) is 11.8. The molecular weight excluding hydrogens is 268 g/mol. The summed E-state index contributed by atoms with van der Waals surface area (Å²) in [6.07, 6.45) is -7.23. The molecule has 0 bridgehead atoms. The highest BCUT2D eigenvalue weighted by molar-refractivity contribution is 5.89. The van der Waals surface area contributed by atoms with Crippen LogP contribution in [0.4, 0.5) is 0 Å². The van der Waals surface area contributed by atoms with E-state index in [2.05, 4.69) is 0 Å². The third-order valence-corrected chi connectivity index (χ3v) is 3.08. The molecular formula is C13H16O7. The molecule has 0 saturated carbocycles. The van der Waals surface area contributed by atoms with Crippen molar-refractivity contribution < 1.29 is 34.7 Å². The first-order valence-corrected chi connectivity index (χ1v) is 6.11. The number of benzene rings is 1. The van der Waals surface area contributed by atoms with E-state index >= 15 is 0 Å². The molecule has 1 aromatic carbocycles. The Labute approximate surface area is 115 Å². The van der Waals surface area contributed by atoms with Gasteiger partial charge in [-0.2, -0.15) is 0 Å². The first kappa shape index (κ1) is 14.9. The maximum atomic E-state index is 11.8. The van der Waals surface area contributed by atoms with Crippen molar-refractivity contribution in [1.29, 1.82) is 0 Å². The molecule has 1 fully saturated rings. The number of hydrogen-bond acceptors (Lipinski definition) is 7. The molecule has 20 heavy (non-hydrogen) atoms. The Bertz CT molecular complexity index is 447. The number of ether oxygens (including phenoxy) is 2. The van der Waals surface area contributed by atoms with Crippen LogP contribution < -0.4 is 0 Å². The van der Waals surface area contributed by atoms with Gasteiger partial charge in [0.1, 0.15) is 24.4 Å². The molecule has 7 nitrogen and oxygen atoms in total. The van der Waals surface area contributed by atoms with E-state index in [0.717, 1.165) is 0 Å². The van der Waals surface area contributed by atoms with Gasteiger partial charge >= 0.3 is 5.97 Å². The van der Waals surface area contributed by atoms with Gasteiger partial charge in [-0.25, -0.2) is 4.79 Å². The Kier molecular flexibility index (Phi) is 4.69. The molecule has 0 aliphatic carbocycles. The van der Waals surface area contributed by atoms with Crippen LogP contribution in [0.1, 0.15) is 10.4 Å². The van der Waals surface area contributed by atoms with Gasteiger partial charge in [0.15, 0.2) is 0 Å². The van der Waals surface area contributed by atoms with Crippen LogP contribution in [0.25, 0.3) is 0 Å². The Morgan fingerprint density at radius 3 is 2.35 bits per heavy atom. The minimum atomic E-state index is -1.60. The van der Waals surface area contributed by atoms with Crippen molar-refractivity contribution in [1.82, 2.24) is 0 Å². The van der Waals surface area contributed by atoms with E-state index in [1.54, 1.807) is 18.2 Å². The Hall–Kier alpha value is -1.51. The van der Waals surface area contributed by atoms with E-state index in [-0.39, 0.29) is 5.56 Å². The molecule has 0 amide bonds. The highest BCUT2D eigenvalue weighted by Gasteiger charge is 2.45. The molecule has 5 atom stereocenters. The fraction of sp³-hybridized carbons (Fsp3) is 0.462. The minimum Gasteiger partial charge on any atom is -0.429 e. The maximum Gasteiger partial charge on any atom is 0.340 e. The van der Waals surface area contributed by atoms with Gasteiger partial charge in [0.2, 0.25) is 6.29 Å². The monoisotopic (exact) mass is 284 g/mol. The van der Waals surface area contributed by atoms with Crippen molar-refractivity contribution >= 4 is 5.97 Å². The summed E-state index contributed by atoms with van der Waals surface area (Å²) in [5.41, 5.74) is 0.254. The Balaban J connectivity index is 2.06. The van der Waals surface area contributed by atoms with E-state index in [1.165, 1.54) is 12.1 Å². The number of hydrogen-bond donors (Lipinski definition) is 4. The molecule has 1 saturated heterocycles. The van der Waals surface area contributed by atoms with E-state index < -0.39 is 43.3 Å². The summed E-state index contributed by atoms with van der Waals surface area (Å²) in [5.74, 6) is -0.741. The fourth-order valence-electron chi connectivity index (χ4n) is 1.91. The summed E-state index contributed by atoms with van der Waals surface area (Å²) in [6, 6.07) is 8.05. The predicted octanol–water partition coefficient (Wildman–Crippen LogP) is -1.36. The van der Waals surface area contributed by atoms with Crippen molar-refractivity contribution in [3.8, 4) is 0 Å². The van der Waals surface area contributed by atoms with Crippen LogP contribution in [0.15, 0.2) is 30.3 Å². The summed E-state index contributed by atoms with van der Waals surface area (Å²) in [7, 11) is 0. The van der Waals surface area contributed by atoms with Crippen LogP contribution in [0.5, 0.6) is 0 Å². The molecule has 0 spiro atoms. The molecule has 1 aliphatic heterocycles. The van der Waals surface area contributed by atoms with Crippen molar-refractivity contribution in [3.05, 3.63) is 35.9 Å². The van der Waals surface area contributed by atoms with Crippen LogP contribution in [-0.4, -0.2) is 63.7 Å². The third kappa shape index (κ3) is 2.97. The van der Waals surface area contributed by atoms with Crippen LogP contribution in [-0.2, 0) is 9.47 Å². The zero-order chi connectivity index (χ0) is 14.7. The summed E-state index contributed by atoms with van der Waals surface area (Å²) >= 11 is 0. The third-order valence-electron chi connectivity index (χ3n) is 3.08. The zero-order valence-corrected chi connectivity index (χ0v) is 10.5. The fourth-order valence-corrected chi connectivity index (χ4v) is 1.91. The Morgan fingerprint density at radius 1 is 1.10 bits per heavy atom. The number of aliphatic hydroxyl groups excluding tert-OH is 4. The normalized spacial score (nSPS) is 33.7. The van der Waals surface area contributed by atoms with Gasteiger partial charge in [-0.3, -0.25) is 0 Å². The predicted molar refractivity (Wildman–Crippen MR) is 65.6 cm³/mol. The van der Waals surface area contributed by atoms with E-state index in [9.17, 15) is 20.1 Å². The molecule has 0 aromatic heterocycles. The lowest BCUT2D eigenvalue weighted by Gasteiger charge is -2.39. The second-order valence-electron chi connectivity index (χ2n) is 4.47. The average molecular weight is 284 g/mol. The number of aliphatic hydroxyl groups is 4. The van der Waals surface area contributed by atoms with E-state index in [1.807, 2.05) is 0 Å². The Morgan fingerprint density at radius 2 is 1.75 bits per heavy atom. The van der Waals surface area contributed by atoms with Gasteiger partial charge in [0.25, 0.3) is 0 Å². The molecule has 0 radical (unpaired) electrons. The molecule has 7 heteroatoms. The first-order valence-electron chi connectivity index (χ1n) is 6.11. The second-order valence-corrected chi connectivity index (χ2v) is 4.47. The summed E-state index contributed by atoms with van der Waals surface area (Å²) in [6.45, 7) is -0.579. The molecule has 1 heterocycles. The summed E-state index contributed by atoms with van der Waals surface area (Å²) in [5, 5.41) is 37.9. The van der Waals surface area contributed by atoms with Crippen molar-refractivity contribution in [2.24, 2.45) is 0 Å². The number of esters is 1. The van der Waals surface area contributed by atoms with Crippen molar-refractivity contribution in [2.45, 2.75) is 30.7 Å². The standard InChI is InChI=1S/C13H16O7/c14-6-8-9(15)10(16)11(17)13(19-8)20-12(18)7-4-2-1-3-5-7/h1-5,8-11,13-17H,6H2/t8-,9-,10+,11-,13-/m1/s1. The highest BCUT2D eigenvalue weighted by Crippen LogP contribution is 2.22. The number of rotatable bonds is 3. The SMILES string of the molecule is O=C(O[C@H]1O[C@H](CO)[C@@H](O)[C@H](O)[C@H]1O)c1ccccc1. The largest absolute Gasteiger partial charge is 0.429 e. The van der Waals surface area contributed by atoms with Crippen LogP contribution in [0.2, 0.25) is 0 Å². The molecule has 1 aliphatic rings. The molecule has 0 unspecified atom stereocenters. The molecule has 110 valence electrons. The van der Waals surface area contributed by atoms with Gasteiger partial charge in [-0.05, 0) is 12.1 Å². The van der Waals surface area contributed by atoms with Gasteiger partial charge in [-0.1, -0.05) is 18.2 Å². The van der Waals surface area contributed by atoms with Gasteiger partial charge in [0.05, 0.1) is 12.2 Å². The average Bonchev–Trinajstić information content (AvgIpc) is 2.48. The zero-order valence-electron chi connectivity index (χ0n) is 10.5. The maximum absolute atomic E-state index is 11.8. The van der Waals surface area contributed by atoms with E-state index in [0.29, 0.717) is 0 Å². The molecule has 2 rings (SSSR count). The van der Waals surface area contributed by atoms with Gasteiger partial charge in [-0.15, -0.1) is 0 Å². The lowest BCUT2D eigenvalue weighted by molar-refractivity contribution is -0.285. The molecule has 4 N–H and O–H groups in total. The van der Waals surface area contributed by atoms with Crippen molar-refractivity contribution in [2.75, 3.05) is 6.61 Å². The van der Waals surface area contributed by atoms with Crippen molar-refractivity contribution in [3.63, 3.8) is 0 Å². The number of carbonyl (C=O) groups is 1. The topological polar surface area (TPSA) is 116 Å². The quantitative estimate of drug-likeness (QED) is 0.507. The van der Waals surface area contributed by atoms with E-state index in [4.69, 9.17) is 14.6 Å².